The van der Waals surface area contributed by atoms with Crippen molar-refractivity contribution in [2.24, 2.45) is 22.5 Å². The fourth-order valence-corrected chi connectivity index (χ4v) is 2.13. The van der Waals surface area contributed by atoms with E-state index in [1.54, 1.807) is 0 Å². The van der Waals surface area contributed by atoms with Crippen LogP contribution in [0.4, 0.5) is 0 Å². The van der Waals surface area contributed by atoms with Gasteiger partial charge in [-0.15, -0.1) is 0 Å². The summed E-state index contributed by atoms with van der Waals surface area (Å²) in [7, 11) is 0. The molecule has 0 aliphatic rings. The Hall–Kier alpha value is -0.640. The van der Waals surface area contributed by atoms with Gasteiger partial charge in [0.05, 0.1) is 10.4 Å². The second kappa shape index (κ2) is 6.50. The van der Waals surface area contributed by atoms with Crippen LogP contribution in [0.25, 0.3) is 0 Å². The highest BCUT2D eigenvalue weighted by Gasteiger charge is 2.38. The van der Waals surface area contributed by atoms with Crippen molar-refractivity contribution in [1.29, 1.82) is 0 Å². The monoisotopic (exact) mass is 272 g/mol. The zero-order chi connectivity index (χ0) is 14.6. The predicted molar refractivity (Wildman–Crippen MR) is 81.4 cm³/mol. The van der Waals surface area contributed by atoms with Crippen LogP contribution in [0.5, 0.6) is 0 Å². The Bertz CT molecular complexity index is 303. The number of carbonyl (C=O) groups excluding carboxylic acids is 1. The molecule has 0 fully saturated rings. The average Bonchev–Trinajstić information content (AvgIpc) is 2.26. The highest BCUT2D eigenvalue weighted by molar-refractivity contribution is 7.80. The van der Waals surface area contributed by atoms with E-state index in [1.807, 2.05) is 13.8 Å². The van der Waals surface area contributed by atoms with Crippen LogP contribution in [-0.2, 0) is 4.79 Å². The number of amides is 1. The van der Waals surface area contributed by atoms with Gasteiger partial charge in [-0.05, 0) is 24.2 Å². The number of nitrogens with one attached hydrogen (secondary N) is 1. The topological polar surface area (TPSA) is 55.1 Å². The first-order valence-corrected chi connectivity index (χ1v) is 7.10. The van der Waals surface area contributed by atoms with Crippen molar-refractivity contribution in [3.05, 3.63) is 0 Å². The van der Waals surface area contributed by atoms with E-state index < -0.39 is 5.41 Å². The van der Waals surface area contributed by atoms with Crippen LogP contribution in [-0.4, -0.2) is 17.4 Å². The Kier molecular flexibility index (Phi) is 6.27. The molecule has 106 valence electrons. The van der Waals surface area contributed by atoms with Crippen molar-refractivity contribution < 1.29 is 4.79 Å². The molecule has 3 nitrogen and oxygen atoms in total. The van der Waals surface area contributed by atoms with Gasteiger partial charge in [-0.2, -0.15) is 0 Å². The summed E-state index contributed by atoms with van der Waals surface area (Å²) in [5.41, 5.74) is 5.25. The maximum atomic E-state index is 12.3. The van der Waals surface area contributed by atoms with Crippen molar-refractivity contribution in [3.8, 4) is 0 Å². The third-order valence-corrected chi connectivity index (χ3v) is 4.55. The van der Waals surface area contributed by atoms with Gasteiger partial charge in [0.2, 0.25) is 5.91 Å². The molecule has 0 saturated carbocycles. The molecule has 0 saturated heterocycles. The Labute approximate surface area is 117 Å². The number of hydrogen-bond acceptors (Lipinski definition) is 2. The number of carbonyl (C=O) groups is 1. The van der Waals surface area contributed by atoms with Gasteiger partial charge in [0.25, 0.3) is 0 Å². The largest absolute Gasteiger partial charge is 0.392 e. The summed E-state index contributed by atoms with van der Waals surface area (Å²) in [5, 5.41) is 3.01. The van der Waals surface area contributed by atoms with Crippen LogP contribution in [0, 0.1) is 16.7 Å². The van der Waals surface area contributed by atoms with Gasteiger partial charge >= 0.3 is 0 Å². The molecule has 3 N–H and O–H groups in total. The molecule has 1 amide bonds. The Balaban J connectivity index is 4.70. The first-order chi connectivity index (χ1) is 8.11. The molecule has 1 atom stereocenters. The molecule has 0 bridgehead atoms. The molecule has 18 heavy (non-hydrogen) atoms. The van der Waals surface area contributed by atoms with Gasteiger partial charge in [-0.1, -0.05) is 53.8 Å². The number of rotatable bonds is 6. The van der Waals surface area contributed by atoms with Crippen molar-refractivity contribution in [2.75, 3.05) is 6.54 Å². The molecule has 0 aliphatic carbocycles. The van der Waals surface area contributed by atoms with Crippen LogP contribution >= 0.6 is 12.2 Å². The quantitative estimate of drug-likeness (QED) is 0.731. The summed E-state index contributed by atoms with van der Waals surface area (Å²) in [6.45, 7) is 13.2. The minimum Gasteiger partial charge on any atom is -0.392 e. The molecular formula is C14H28N2OS. The Morgan fingerprint density at radius 1 is 1.28 bits per heavy atom. The molecule has 0 heterocycles. The van der Waals surface area contributed by atoms with E-state index in [2.05, 4.69) is 33.0 Å². The van der Waals surface area contributed by atoms with Crippen LogP contribution < -0.4 is 11.1 Å². The zero-order valence-electron chi connectivity index (χ0n) is 12.6. The summed E-state index contributed by atoms with van der Waals surface area (Å²) >= 11 is 5.07. The second-order valence-electron chi connectivity index (χ2n) is 6.13. The molecule has 0 spiro atoms. The first kappa shape index (κ1) is 17.4. The number of nitrogens with two attached hydrogens (primary N) is 1. The highest BCUT2D eigenvalue weighted by atomic mass is 32.1. The van der Waals surface area contributed by atoms with E-state index in [0.29, 0.717) is 30.3 Å². The summed E-state index contributed by atoms with van der Waals surface area (Å²) in [5.74, 6) is 0.371. The first-order valence-electron chi connectivity index (χ1n) is 6.70. The molecule has 4 heteroatoms. The van der Waals surface area contributed by atoms with E-state index in [-0.39, 0.29) is 11.3 Å². The molecule has 0 aromatic heterocycles. The van der Waals surface area contributed by atoms with Crippen molar-refractivity contribution >= 4 is 23.1 Å². The molecule has 0 radical (unpaired) electrons. The molecule has 0 aromatic rings. The summed E-state index contributed by atoms with van der Waals surface area (Å²) in [6, 6.07) is 0. The van der Waals surface area contributed by atoms with Gasteiger partial charge in [0, 0.05) is 6.54 Å². The second-order valence-corrected chi connectivity index (χ2v) is 6.57. The minimum atomic E-state index is -0.688. The standard InChI is InChI=1S/C14H28N2OS/c1-7-14(8-2,11(15)18)12(17)16-9-10(3)13(4,5)6/h10H,7-9H2,1-6H3,(H2,15,18)(H,16,17). The third kappa shape index (κ3) is 3.94. The van der Waals surface area contributed by atoms with Crippen LogP contribution in [0.3, 0.4) is 0 Å². The van der Waals surface area contributed by atoms with E-state index in [4.69, 9.17) is 18.0 Å². The number of thiocarbonyl (C=S) groups is 1. The van der Waals surface area contributed by atoms with Gasteiger partial charge in [-0.25, -0.2) is 0 Å². The van der Waals surface area contributed by atoms with Crippen LogP contribution in [0.2, 0.25) is 0 Å². The molecule has 0 rings (SSSR count). The molecule has 0 aromatic carbocycles. The maximum Gasteiger partial charge on any atom is 0.233 e. The van der Waals surface area contributed by atoms with E-state index in [9.17, 15) is 4.79 Å². The molecule has 1 unspecified atom stereocenters. The summed E-state index contributed by atoms with van der Waals surface area (Å²) in [4.78, 5) is 12.6. The summed E-state index contributed by atoms with van der Waals surface area (Å²) < 4.78 is 0. The van der Waals surface area contributed by atoms with Crippen LogP contribution in [0.1, 0.15) is 54.4 Å². The van der Waals surface area contributed by atoms with Crippen molar-refractivity contribution in [2.45, 2.75) is 54.4 Å². The van der Waals surface area contributed by atoms with Crippen molar-refractivity contribution in [3.63, 3.8) is 0 Å². The van der Waals surface area contributed by atoms with Crippen molar-refractivity contribution in [1.82, 2.24) is 5.32 Å². The Morgan fingerprint density at radius 3 is 2.00 bits per heavy atom. The number of hydrogen-bond donors (Lipinski definition) is 2. The SMILES string of the molecule is CCC(CC)(C(=O)NCC(C)C(C)(C)C)C(N)=S. The fraction of sp³-hybridized carbons (Fsp3) is 0.857. The zero-order valence-corrected chi connectivity index (χ0v) is 13.4. The smallest absolute Gasteiger partial charge is 0.233 e. The minimum absolute atomic E-state index is 0.0314. The lowest BCUT2D eigenvalue weighted by atomic mass is 9.79. The lowest BCUT2D eigenvalue weighted by molar-refractivity contribution is -0.128. The maximum absolute atomic E-state index is 12.3. The van der Waals surface area contributed by atoms with Crippen LogP contribution in [0.15, 0.2) is 0 Å². The van der Waals surface area contributed by atoms with Gasteiger partial charge < -0.3 is 11.1 Å². The normalized spacial score (nSPS) is 14.1. The van der Waals surface area contributed by atoms with E-state index >= 15 is 0 Å². The van der Waals surface area contributed by atoms with Gasteiger partial charge in [0.1, 0.15) is 0 Å². The van der Waals surface area contributed by atoms with E-state index in [0.717, 1.165) is 0 Å². The average molecular weight is 272 g/mol. The summed E-state index contributed by atoms with van der Waals surface area (Å²) in [6.07, 6.45) is 1.29. The lowest BCUT2D eigenvalue weighted by Crippen LogP contribution is -2.49. The molecular weight excluding hydrogens is 244 g/mol. The fourth-order valence-electron chi connectivity index (χ4n) is 1.75. The molecule has 0 aliphatic heterocycles. The van der Waals surface area contributed by atoms with Gasteiger partial charge in [0.15, 0.2) is 0 Å². The third-order valence-electron chi connectivity index (χ3n) is 4.16. The van der Waals surface area contributed by atoms with E-state index in [1.165, 1.54) is 0 Å². The Morgan fingerprint density at radius 2 is 1.72 bits per heavy atom. The lowest BCUT2D eigenvalue weighted by Gasteiger charge is -2.32. The highest BCUT2D eigenvalue weighted by Crippen LogP contribution is 2.28. The predicted octanol–water partition coefficient (Wildman–Crippen LogP) is 2.88. The van der Waals surface area contributed by atoms with Gasteiger partial charge in [-0.3, -0.25) is 4.79 Å².